The highest BCUT2D eigenvalue weighted by atomic mass is 19.1. The van der Waals surface area contributed by atoms with Crippen LogP contribution in [-0.4, -0.2) is 13.1 Å². The first-order chi connectivity index (χ1) is 6.77. The quantitative estimate of drug-likeness (QED) is 0.723. The first-order valence-corrected chi connectivity index (χ1v) is 5.24. The van der Waals surface area contributed by atoms with Crippen LogP contribution in [0.3, 0.4) is 0 Å². The number of aryl methyl sites for hydroxylation is 1. The summed E-state index contributed by atoms with van der Waals surface area (Å²) in [6.07, 6.45) is 2.25. The Hall–Kier alpha value is -0.890. The van der Waals surface area contributed by atoms with E-state index in [1.54, 1.807) is 6.07 Å². The predicted molar refractivity (Wildman–Crippen MR) is 56.0 cm³/mol. The number of hydrogen-bond donors (Lipinski definition) is 1. The minimum atomic E-state index is -0.0429. The Kier molecular flexibility index (Phi) is 2.82. The third-order valence-corrected chi connectivity index (χ3v) is 2.89. The molecular formula is C12H16FN. The van der Waals surface area contributed by atoms with Gasteiger partial charge in [-0.1, -0.05) is 12.1 Å². The molecular weight excluding hydrogens is 177 g/mol. The molecule has 14 heavy (non-hydrogen) atoms. The van der Waals surface area contributed by atoms with Crippen molar-refractivity contribution in [3.05, 3.63) is 35.1 Å². The van der Waals surface area contributed by atoms with Crippen molar-refractivity contribution in [2.45, 2.75) is 25.7 Å². The second-order valence-electron chi connectivity index (χ2n) is 4.07. The molecule has 1 atom stereocenters. The molecule has 0 bridgehead atoms. The maximum absolute atomic E-state index is 13.6. The van der Waals surface area contributed by atoms with Gasteiger partial charge in [0.15, 0.2) is 0 Å². The van der Waals surface area contributed by atoms with Gasteiger partial charge in [0.1, 0.15) is 5.82 Å². The fraction of sp³-hybridized carbons (Fsp3) is 0.500. The van der Waals surface area contributed by atoms with Gasteiger partial charge in [0, 0.05) is 6.54 Å². The highest BCUT2D eigenvalue weighted by molar-refractivity contribution is 5.27. The maximum atomic E-state index is 13.6. The zero-order valence-corrected chi connectivity index (χ0v) is 8.52. The van der Waals surface area contributed by atoms with Gasteiger partial charge in [0.25, 0.3) is 0 Å². The van der Waals surface area contributed by atoms with Crippen molar-refractivity contribution in [2.75, 3.05) is 13.1 Å². The van der Waals surface area contributed by atoms with Crippen LogP contribution >= 0.6 is 0 Å². The molecule has 2 heteroatoms. The number of nitrogens with one attached hydrogen (secondary N) is 1. The molecule has 1 nitrogen and oxygen atoms in total. The standard InChI is InChI=1S/C12H16FN/c1-9-4-5-11(12(13)7-9)10-3-2-6-14-8-10/h4-5,7,10,14H,2-3,6,8H2,1H3/t10-/m0/s1. The lowest BCUT2D eigenvalue weighted by Crippen LogP contribution is -2.28. The van der Waals surface area contributed by atoms with Gasteiger partial charge in [0.05, 0.1) is 0 Å². The molecule has 2 rings (SSSR count). The first-order valence-electron chi connectivity index (χ1n) is 5.24. The average molecular weight is 193 g/mol. The molecule has 0 aromatic heterocycles. The van der Waals surface area contributed by atoms with Gasteiger partial charge in [-0.25, -0.2) is 4.39 Å². The number of hydrogen-bond acceptors (Lipinski definition) is 1. The number of piperidine rings is 1. The van der Waals surface area contributed by atoms with Gasteiger partial charge in [0.2, 0.25) is 0 Å². The molecule has 1 aliphatic rings. The molecule has 1 fully saturated rings. The summed E-state index contributed by atoms with van der Waals surface area (Å²) in [7, 11) is 0. The van der Waals surface area contributed by atoms with E-state index in [-0.39, 0.29) is 5.82 Å². The lowest BCUT2D eigenvalue weighted by Gasteiger charge is -2.23. The molecule has 0 unspecified atom stereocenters. The van der Waals surface area contributed by atoms with Crippen molar-refractivity contribution in [3.63, 3.8) is 0 Å². The van der Waals surface area contributed by atoms with Crippen molar-refractivity contribution in [3.8, 4) is 0 Å². The van der Waals surface area contributed by atoms with Crippen LogP contribution in [0.1, 0.15) is 29.9 Å². The molecule has 1 aromatic rings. The molecule has 0 radical (unpaired) electrons. The number of halogens is 1. The van der Waals surface area contributed by atoms with Crippen LogP contribution in [0, 0.1) is 12.7 Å². The summed E-state index contributed by atoms with van der Waals surface area (Å²) in [5, 5.41) is 3.31. The predicted octanol–water partition coefficient (Wildman–Crippen LogP) is 2.60. The summed E-state index contributed by atoms with van der Waals surface area (Å²) in [5.74, 6) is 0.322. The van der Waals surface area contributed by atoms with Gasteiger partial charge >= 0.3 is 0 Å². The number of benzene rings is 1. The van der Waals surface area contributed by atoms with Crippen molar-refractivity contribution >= 4 is 0 Å². The van der Waals surface area contributed by atoms with E-state index in [4.69, 9.17) is 0 Å². The normalized spacial score (nSPS) is 22.3. The topological polar surface area (TPSA) is 12.0 Å². The van der Waals surface area contributed by atoms with E-state index in [0.717, 1.165) is 37.1 Å². The third kappa shape index (κ3) is 1.95. The van der Waals surface area contributed by atoms with E-state index in [2.05, 4.69) is 5.32 Å². The van der Waals surface area contributed by atoms with Crippen LogP contribution in [-0.2, 0) is 0 Å². The highest BCUT2D eigenvalue weighted by Gasteiger charge is 2.17. The molecule has 76 valence electrons. The van der Waals surface area contributed by atoms with E-state index in [0.29, 0.717) is 5.92 Å². The Morgan fingerprint density at radius 3 is 2.93 bits per heavy atom. The zero-order valence-electron chi connectivity index (χ0n) is 8.52. The van der Waals surface area contributed by atoms with E-state index in [9.17, 15) is 4.39 Å². The van der Waals surface area contributed by atoms with Crippen LogP contribution < -0.4 is 5.32 Å². The monoisotopic (exact) mass is 193 g/mol. The SMILES string of the molecule is Cc1ccc([C@H]2CCCNC2)c(F)c1. The van der Waals surface area contributed by atoms with Crippen molar-refractivity contribution in [1.29, 1.82) is 0 Å². The summed E-state index contributed by atoms with van der Waals surface area (Å²) < 4.78 is 13.6. The van der Waals surface area contributed by atoms with Gasteiger partial charge in [-0.2, -0.15) is 0 Å². The lowest BCUT2D eigenvalue weighted by atomic mass is 9.91. The minimum Gasteiger partial charge on any atom is -0.316 e. The van der Waals surface area contributed by atoms with Crippen LogP contribution in [0.15, 0.2) is 18.2 Å². The lowest BCUT2D eigenvalue weighted by molar-refractivity contribution is 0.446. The van der Waals surface area contributed by atoms with E-state index < -0.39 is 0 Å². The molecule has 1 aliphatic heterocycles. The Balaban J connectivity index is 2.22. The van der Waals surface area contributed by atoms with E-state index in [1.165, 1.54) is 0 Å². The Labute approximate surface area is 84.3 Å². The smallest absolute Gasteiger partial charge is 0.126 e. The van der Waals surface area contributed by atoms with Gasteiger partial charge in [-0.05, 0) is 49.4 Å². The van der Waals surface area contributed by atoms with Gasteiger partial charge < -0.3 is 5.32 Å². The average Bonchev–Trinajstić information content (AvgIpc) is 2.19. The second kappa shape index (κ2) is 4.09. The summed E-state index contributed by atoms with van der Waals surface area (Å²) in [4.78, 5) is 0. The van der Waals surface area contributed by atoms with Crippen molar-refractivity contribution in [1.82, 2.24) is 5.32 Å². The summed E-state index contributed by atoms with van der Waals surface area (Å²) in [6, 6.07) is 5.55. The summed E-state index contributed by atoms with van der Waals surface area (Å²) >= 11 is 0. The van der Waals surface area contributed by atoms with Crippen LogP contribution in [0.25, 0.3) is 0 Å². The van der Waals surface area contributed by atoms with Crippen LogP contribution in [0.2, 0.25) is 0 Å². The molecule has 0 amide bonds. The Bertz CT molecular complexity index is 316. The molecule has 1 heterocycles. The van der Waals surface area contributed by atoms with E-state index >= 15 is 0 Å². The Morgan fingerprint density at radius 2 is 2.29 bits per heavy atom. The molecule has 0 saturated carbocycles. The fourth-order valence-electron chi connectivity index (χ4n) is 2.08. The molecule has 0 aliphatic carbocycles. The summed E-state index contributed by atoms with van der Waals surface area (Å²) in [5.41, 5.74) is 1.87. The minimum absolute atomic E-state index is 0.0429. The maximum Gasteiger partial charge on any atom is 0.126 e. The van der Waals surface area contributed by atoms with Gasteiger partial charge in [-0.15, -0.1) is 0 Å². The molecule has 1 saturated heterocycles. The van der Waals surface area contributed by atoms with Crippen molar-refractivity contribution < 1.29 is 4.39 Å². The second-order valence-corrected chi connectivity index (χ2v) is 4.07. The zero-order chi connectivity index (χ0) is 9.97. The molecule has 1 aromatic carbocycles. The molecule has 1 N–H and O–H groups in total. The molecule has 0 spiro atoms. The van der Waals surface area contributed by atoms with Gasteiger partial charge in [-0.3, -0.25) is 0 Å². The largest absolute Gasteiger partial charge is 0.316 e. The van der Waals surface area contributed by atoms with E-state index in [1.807, 2.05) is 19.1 Å². The van der Waals surface area contributed by atoms with Crippen LogP contribution in [0.4, 0.5) is 4.39 Å². The Morgan fingerprint density at radius 1 is 1.43 bits per heavy atom. The third-order valence-electron chi connectivity index (χ3n) is 2.89. The highest BCUT2D eigenvalue weighted by Crippen LogP contribution is 2.25. The first kappa shape index (κ1) is 9.66. The number of rotatable bonds is 1. The summed E-state index contributed by atoms with van der Waals surface area (Å²) in [6.45, 7) is 3.91. The fourth-order valence-corrected chi connectivity index (χ4v) is 2.08. The van der Waals surface area contributed by atoms with Crippen LogP contribution in [0.5, 0.6) is 0 Å². The van der Waals surface area contributed by atoms with Crippen molar-refractivity contribution in [2.24, 2.45) is 0 Å².